The third-order valence-corrected chi connectivity index (χ3v) is 3.58. The number of aromatic nitrogens is 5. The van der Waals surface area contributed by atoms with Crippen LogP contribution in [0.25, 0.3) is 16.9 Å². The number of rotatable bonds is 3. The molecule has 0 aliphatic carbocycles. The van der Waals surface area contributed by atoms with Gasteiger partial charge in [0.2, 0.25) is 0 Å². The first-order valence-electron chi connectivity index (χ1n) is 7.14. The second-order valence-corrected chi connectivity index (χ2v) is 5.12. The lowest BCUT2D eigenvalue weighted by Crippen LogP contribution is -1.97. The summed E-state index contributed by atoms with van der Waals surface area (Å²) >= 11 is 0. The molecule has 0 spiro atoms. The Morgan fingerprint density at radius 2 is 1.91 bits per heavy atom. The van der Waals surface area contributed by atoms with Crippen molar-refractivity contribution in [3.05, 3.63) is 78.4 Å². The lowest BCUT2D eigenvalue weighted by atomic mass is 10.1. The van der Waals surface area contributed by atoms with Gasteiger partial charge in [0.15, 0.2) is 5.65 Å². The van der Waals surface area contributed by atoms with Gasteiger partial charge in [-0.3, -0.25) is 9.97 Å². The summed E-state index contributed by atoms with van der Waals surface area (Å²) in [5, 5.41) is 4.42. The fourth-order valence-corrected chi connectivity index (χ4v) is 2.54. The maximum atomic E-state index is 13.3. The highest BCUT2D eigenvalue weighted by atomic mass is 19.1. The van der Waals surface area contributed by atoms with E-state index in [9.17, 15) is 4.39 Å². The number of hydrogen-bond donors (Lipinski definition) is 0. The van der Waals surface area contributed by atoms with Gasteiger partial charge in [-0.2, -0.15) is 5.10 Å². The molecule has 6 heteroatoms. The van der Waals surface area contributed by atoms with Crippen molar-refractivity contribution in [2.75, 3.05) is 0 Å². The number of nitrogens with zero attached hydrogens (tertiary/aromatic N) is 5. The van der Waals surface area contributed by atoms with E-state index in [4.69, 9.17) is 0 Å². The maximum absolute atomic E-state index is 13.3. The summed E-state index contributed by atoms with van der Waals surface area (Å²) in [5.41, 5.74) is 4.14. The van der Waals surface area contributed by atoms with E-state index in [2.05, 4.69) is 20.1 Å². The van der Waals surface area contributed by atoms with Gasteiger partial charge in [-0.15, -0.1) is 0 Å². The summed E-state index contributed by atoms with van der Waals surface area (Å²) in [5.74, 6) is -0.296. The average molecular weight is 305 g/mol. The molecule has 4 rings (SSSR count). The Bertz CT molecular complexity index is 965. The molecule has 0 aliphatic rings. The highest BCUT2D eigenvalue weighted by molar-refractivity contribution is 5.62. The van der Waals surface area contributed by atoms with Crippen molar-refractivity contribution in [2.45, 2.75) is 6.42 Å². The second kappa shape index (κ2) is 5.57. The molecule has 0 saturated heterocycles. The van der Waals surface area contributed by atoms with Crippen LogP contribution in [0.2, 0.25) is 0 Å². The molecule has 5 nitrogen and oxygen atoms in total. The first-order chi connectivity index (χ1) is 11.3. The van der Waals surface area contributed by atoms with Crippen molar-refractivity contribution in [1.29, 1.82) is 0 Å². The first kappa shape index (κ1) is 13.5. The summed E-state index contributed by atoms with van der Waals surface area (Å²) < 4.78 is 15.1. The zero-order valence-corrected chi connectivity index (χ0v) is 12.1. The molecule has 0 unspecified atom stereocenters. The minimum atomic E-state index is -0.296. The molecule has 0 amide bonds. The van der Waals surface area contributed by atoms with Crippen LogP contribution in [-0.2, 0) is 6.42 Å². The van der Waals surface area contributed by atoms with Gasteiger partial charge >= 0.3 is 0 Å². The van der Waals surface area contributed by atoms with Crippen LogP contribution in [-0.4, -0.2) is 24.6 Å². The normalized spacial score (nSPS) is 11.0. The van der Waals surface area contributed by atoms with Gasteiger partial charge in [-0.05, 0) is 30.3 Å². The number of pyridine rings is 2. The van der Waals surface area contributed by atoms with Crippen LogP contribution in [0.1, 0.15) is 11.3 Å². The van der Waals surface area contributed by atoms with Crippen molar-refractivity contribution in [2.24, 2.45) is 0 Å². The minimum absolute atomic E-state index is 0.296. The summed E-state index contributed by atoms with van der Waals surface area (Å²) in [4.78, 5) is 12.7. The average Bonchev–Trinajstić information content (AvgIpc) is 2.99. The van der Waals surface area contributed by atoms with E-state index in [1.807, 2.05) is 18.2 Å². The summed E-state index contributed by atoms with van der Waals surface area (Å²) in [7, 11) is 0. The van der Waals surface area contributed by atoms with Crippen molar-refractivity contribution in [1.82, 2.24) is 24.6 Å². The van der Waals surface area contributed by atoms with Gasteiger partial charge in [0, 0.05) is 48.0 Å². The minimum Gasteiger partial charge on any atom is -0.264 e. The van der Waals surface area contributed by atoms with Crippen LogP contribution in [0.3, 0.4) is 0 Å². The van der Waals surface area contributed by atoms with E-state index >= 15 is 0 Å². The van der Waals surface area contributed by atoms with E-state index < -0.39 is 0 Å². The molecule has 0 radical (unpaired) electrons. The predicted molar refractivity (Wildman–Crippen MR) is 83.2 cm³/mol. The van der Waals surface area contributed by atoms with Gasteiger partial charge in [0.05, 0.1) is 11.9 Å². The van der Waals surface area contributed by atoms with Crippen LogP contribution in [0, 0.1) is 5.82 Å². The van der Waals surface area contributed by atoms with Gasteiger partial charge in [0.25, 0.3) is 0 Å². The number of hydrogen-bond acceptors (Lipinski definition) is 4. The van der Waals surface area contributed by atoms with E-state index in [1.165, 1.54) is 18.3 Å². The van der Waals surface area contributed by atoms with Crippen LogP contribution in [0.5, 0.6) is 0 Å². The van der Waals surface area contributed by atoms with E-state index in [0.29, 0.717) is 12.1 Å². The molecular formula is C17H12FN5. The smallest absolute Gasteiger partial charge is 0.159 e. The Hall–Kier alpha value is -3.15. The molecule has 0 bridgehead atoms. The topological polar surface area (TPSA) is 56.0 Å². The van der Waals surface area contributed by atoms with Gasteiger partial charge < -0.3 is 0 Å². The SMILES string of the molecule is Fc1ccnc(Cc2cnn3c(-c4cccnc4)ccnc23)c1. The summed E-state index contributed by atoms with van der Waals surface area (Å²) in [6.07, 6.45) is 8.93. The highest BCUT2D eigenvalue weighted by Gasteiger charge is 2.11. The predicted octanol–water partition coefficient (Wildman–Crippen LogP) is 2.92. The molecule has 4 aromatic rings. The Morgan fingerprint density at radius 3 is 2.74 bits per heavy atom. The largest absolute Gasteiger partial charge is 0.264 e. The van der Waals surface area contributed by atoms with Gasteiger partial charge in [-0.1, -0.05) is 0 Å². The first-order valence-corrected chi connectivity index (χ1v) is 7.14. The molecule has 0 fully saturated rings. The lowest BCUT2D eigenvalue weighted by molar-refractivity contribution is 0.623. The molecule has 0 aromatic carbocycles. The molecule has 0 saturated carbocycles. The standard InChI is InChI=1S/C17H12FN5/c18-14-3-6-20-15(9-14)8-13-11-22-23-16(4-7-21-17(13)23)12-2-1-5-19-10-12/h1-7,9-11H,8H2. The van der Waals surface area contributed by atoms with Crippen molar-refractivity contribution >= 4 is 5.65 Å². The fraction of sp³-hybridized carbons (Fsp3) is 0.0588. The summed E-state index contributed by atoms with van der Waals surface area (Å²) in [6.45, 7) is 0. The van der Waals surface area contributed by atoms with E-state index in [1.54, 1.807) is 29.3 Å². The van der Waals surface area contributed by atoms with E-state index in [-0.39, 0.29) is 5.82 Å². The van der Waals surface area contributed by atoms with Crippen LogP contribution < -0.4 is 0 Å². The molecule has 23 heavy (non-hydrogen) atoms. The zero-order chi connectivity index (χ0) is 15.6. The monoisotopic (exact) mass is 305 g/mol. The Labute approximate surface area is 131 Å². The zero-order valence-electron chi connectivity index (χ0n) is 12.1. The fourth-order valence-electron chi connectivity index (χ4n) is 2.54. The molecule has 4 heterocycles. The number of fused-ring (bicyclic) bond motifs is 1. The molecule has 0 aliphatic heterocycles. The highest BCUT2D eigenvalue weighted by Crippen LogP contribution is 2.21. The molecule has 0 atom stereocenters. The Balaban J connectivity index is 1.79. The van der Waals surface area contributed by atoms with Crippen molar-refractivity contribution in [3.63, 3.8) is 0 Å². The quantitative estimate of drug-likeness (QED) is 0.584. The molecule has 0 N–H and O–H groups in total. The van der Waals surface area contributed by atoms with Crippen molar-refractivity contribution in [3.8, 4) is 11.3 Å². The van der Waals surface area contributed by atoms with Gasteiger partial charge in [-0.25, -0.2) is 13.9 Å². The number of halogens is 1. The van der Waals surface area contributed by atoms with Crippen molar-refractivity contribution < 1.29 is 4.39 Å². The summed E-state index contributed by atoms with van der Waals surface area (Å²) in [6, 6.07) is 8.49. The lowest BCUT2D eigenvalue weighted by Gasteiger charge is -2.04. The molecule has 112 valence electrons. The Morgan fingerprint density at radius 1 is 1.00 bits per heavy atom. The van der Waals surface area contributed by atoms with Crippen LogP contribution >= 0.6 is 0 Å². The molecule has 4 aromatic heterocycles. The Kier molecular flexibility index (Phi) is 3.27. The van der Waals surface area contributed by atoms with Gasteiger partial charge in [0.1, 0.15) is 5.82 Å². The van der Waals surface area contributed by atoms with Crippen LogP contribution in [0.4, 0.5) is 4.39 Å². The molecular weight excluding hydrogens is 293 g/mol. The maximum Gasteiger partial charge on any atom is 0.159 e. The van der Waals surface area contributed by atoms with Crippen LogP contribution in [0.15, 0.2) is 61.3 Å². The third kappa shape index (κ3) is 2.55. The second-order valence-electron chi connectivity index (χ2n) is 5.12. The third-order valence-electron chi connectivity index (χ3n) is 3.58. The van der Waals surface area contributed by atoms with E-state index in [0.717, 1.165) is 22.5 Å².